The van der Waals surface area contributed by atoms with Gasteiger partial charge in [0.25, 0.3) is 0 Å². The quantitative estimate of drug-likeness (QED) is 0.618. The largest absolute Gasteiger partial charge is 0.251 e. The fourth-order valence-corrected chi connectivity index (χ4v) is 7.07. The molecule has 0 aromatic carbocycles. The highest BCUT2D eigenvalue weighted by Crippen LogP contribution is 2.66. The van der Waals surface area contributed by atoms with Gasteiger partial charge in [0.15, 0.2) is 0 Å². The van der Waals surface area contributed by atoms with E-state index in [1.165, 1.54) is 35.4 Å². The summed E-state index contributed by atoms with van der Waals surface area (Å²) in [5.74, 6) is 3.55. The van der Waals surface area contributed by atoms with Crippen LogP contribution in [0.4, 0.5) is 0 Å². The van der Waals surface area contributed by atoms with Crippen molar-refractivity contribution in [3.63, 3.8) is 0 Å². The number of aromatic nitrogens is 2. The van der Waals surface area contributed by atoms with Crippen LogP contribution in [0.3, 0.4) is 0 Å². The van der Waals surface area contributed by atoms with Crippen LogP contribution in [0.15, 0.2) is 24.3 Å². The Morgan fingerprint density at radius 3 is 2.19 bits per heavy atom. The fourth-order valence-electron chi connectivity index (χ4n) is 7.07. The first-order valence-electron chi connectivity index (χ1n) is 10.8. The Bertz CT molecular complexity index is 970. The van der Waals surface area contributed by atoms with Crippen molar-refractivity contribution in [2.24, 2.45) is 22.7 Å². The molecule has 0 N–H and O–H groups in total. The lowest BCUT2D eigenvalue weighted by Crippen LogP contribution is -2.50. The van der Waals surface area contributed by atoms with Crippen molar-refractivity contribution < 1.29 is 0 Å². The molecule has 2 fully saturated rings. The molecule has 8 rings (SSSR count). The molecule has 0 radical (unpaired) electrons. The summed E-state index contributed by atoms with van der Waals surface area (Å²) in [7, 11) is 0. The second kappa shape index (κ2) is 4.82. The van der Waals surface area contributed by atoms with Crippen molar-refractivity contribution in [3.8, 4) is 11.4 Å². The van der Waals surface area contributed by atoms with E-state index in [0.29, 0.717) is 28.6 Å². The topological polar surface area (TPSA) is 25.8 Å². The number of pyridine rings is 2. The molecule has 0 saturated heterocycles. The zero-order valence-electron chi connectivity index (χ0n) is 17.2. The van der Waals surface area contributed by atoms with Crippen LogP contribution in [0.1, 0.15) is 87.7 Å². The molecule has 2 heterocycles. The van der Waals surface area contributed by atoms with Gasteiger partial charge in [0.2, 0.25) is 0 Å². The maximum atomic E-state index is 5.16. The van der Waals surface area contributed by atoms with E-state index in [2.05, 4.69) is 58.9 Å². The van der Waals surface area contributed by atoms with Crippen molar-refractivity contribution in [2.45, 2.75) is 71.6 Å². The smallest absolute Gasteiger partial charge is 0.0889 e. The zero-order valence-corrected chi connectivity index (χ0v) is 17.2. The standard InChI is InChI=1S/C25H30N2/c1-13-17-12-19(25(17,4)5)16-7-9-21(27-23(13)16)20-8-6-15-18-10-14(24(18,2)3)11-22(15)26-20/h6-9,13-14,17-19H,10-12H2,1-5H3/t13?,14-,17-,18+,19+/m1/s1. The van der Waals surface area contributed by atoms with E-state index in [1.807, 2.05) is 0 Å². The van der Waals surface area contributed by atoms with Gasteiger partial charge in [0, 0.05) is 17.3 Å². The highest BCUT2D eigenvalue weighted by Gasteiger charge is 2.56. The van der Waals surface area contributed by atoms with Gasteiger partial charge < -0.3 is 0 Å². The van der Waals surface area contributed by atoms with Crippen LogP contribution in [0.25, 0.3) is 11.4 Å². The lowest BCUT2D eigenvalue weighted by atomic mass is 9.45. The van der Waals surface area contributed by atoms with Crippen molar-refractivity contribution in [2.75, 3.05) is 0 Å². The highest BCUT2D eigenvalue weighted by molar-refractivity contribution is 5.58. The molecule has 2 aromatic heterocycles. The molecule has 0 spiro atoms. The van der Waals surface area contributed by atoms with Crippen LogP contribution in [0, 0.1) is 22.7 Å². The average molecular weight is 359 g/mol. The molecule has 5 atom stereocenters. The average Bonchev–Trinajstić information content (AvgIpc) is 2.66. The molecular formula is C25H30N2. The monoisotopic (exact) mass is 358 g/mol. The first kappa shape index (κ1) is 16.3. The Morgan fingerprint density at radius 2 is 1.48 bits per heavy atom. The van der Waals surface area contributed by atoms with E-state index in [1.54, 1.807) is 0 Å². The minimum atomic E-state index is 0.438. The van der Waals surface area contributed by atoms with E-state index in [0.717, 1.165) is 29.6 Å². The molecular weight excluding hydrogens is 328 g/mol. The molecule has 4 bridgehead atoms. The van der Waals surface area contributed by atoms with Crippen LogP contribution in [-0.4, -0.2) is 9.97 Å². The number of hydrogen-bond donors (Lipinski definition) is 0. The van der Waals surface area contributed by atoms with Gasteiger partial charge in [-0.3, -0.25) is 9.97 Å². The zero-order chi connectivity index (χ0) is 18.7. The third-order valence-electron chi connectivity index (χ3n) is 9.27. The van der Waals surface area contributed by atoms with Crippen LogP contribution < -0.4 is 0 Å². The molecule has 27 heavy (non-hydrogen) atoms. The van der Waals surface area contributed by atoms with E-state index in [4.69, 9.17) is 9.97 Å². The summed E-state index contributed by atoms with van der Waals surface area (Å²) >= 11 is 0. The summed E-state index contributed by atoms with van der Waals surface area (Å²) in [5.41, 5.74) is 8.72. The van der Waals surface area contributed by atoms with Crippen LogP contribution >= 0.6 is 0 Å². The minimum Gasteiger partial charge on any atom is -0.251 e. The molecule has 6 aliphatic rings. The first-order valence-corrected chi connectivity index (χ1v) is 10.8. The molecule has 2 saturated carbocycles. The second-order valence-corrected chi connectivity index (χ2v) is 10.9. The summed E-state index contributed by atoms with van der Waals surface area (Å²) < 4.78 is 0. The molecule has 0 amide bonds. The van der Waals surface area contributed by atoms with Crippen molar-refractivity contribution >= 4 is 0 Å². The first-order chi connectivity index (χ1) is 12.8. The van der Waals surface area contributed by atoms with Gasteiger partial charge in [-0.2, -0.15) is 0 Å². The van der Waals surface area contributed by atoms with Gasteiger partial charge in [-0.1, -0.05) is 46.8 Å². The molecule has 0 aliphatic heterocycles. The summed E-state index contributed by atoms with van der Waals surface area (Å²) in [6, 6.07) is 9.16. The van der Waals surface area contributed by atoms with Gasteiger partial charge >= 0.3 is 0 Å². The van der Waals surface area contributed by atoms with Gasteiger partial charge in [-0.25, -0.2) is 0 Å². The van der Waals surface area contributed by atoms with Crippen LogP contribution in [0.2, 0.25) is 0 Å². The molecule has 2 nitrogen and oxygen atoms in total. The predicted molar refractivity (Wildman–Crippen MR) is 109 cm³/mol. The van der Waals surface area contributed by atoms with Crippen LogP contribution in [0.5, 0.6) is 0 Å². The fraction of sp³-hybridized carbons (Fsp3) is 0.600. The summed E-state index contributed by atoms with van der Waals surface area (Å²) in [6.45, 7) is 12.1. The Hall–Kier alpha value is -1.70. The summed E-state index contributed by atoms with van der Waals surface area (Å²) in [6.07, 6.45) is 3.85. The van der Waals surface area contributed by atoms with Gasteiger partial charge in [-0.15, -0.1) is 0 Å². The molecule has 6 aliphatic carbocycles. The van der Waals surface area contributed by atoms with Gasteiger partial charge in [-0.05, 0) is 77.0 Å². The SMILES string of the molecule is CC1c2nc(-c3ccc4c(n3)C[C@H]3C[C@@H]4C3(C)C)ccc2[C@@H]2C[C@H]1C2(C)C. The normalized spacial score (nSPS) is 36.1. The predicted octanol–water partition coefficient (Wildman–Crippen LogP) is 6.08. The van der Waals surface area contributed by atoms with E-state index < -0.39 is 0 Å². The van der Waals surface area contributed by atoms with Crippen molar-refractivity contribution in [3.05, 3.63) is 46.8 Å². The summed E-state index contributed by atoms with van der Waals surface area (Å²) in [5, 5.41) is 0. The maximum Gasteiger partial charge on any atom is 0.0889 e. The summed E-state index contributed by atoms with van der Waals surface area (Å²) in [4.78, 5) is 10.3. The Morgan fingerprint density at radius 1 is 0.815 bits per heavy atom. The molecule has 140 valence electrons. The van der Waals surface area contributed by atoms with E-state index in [9.17, 15) is 0 Å². The van der Waals surface area contributed by atoms with E-state index in [-0.39, 0.29) is 0 Å². The van der Waals surface area contributed by atoms with Crippen molar-refractivity contribution in [1.82, 2.24) is 9.97 Å². The minimum absolute atomic E-state index is 0.438. The Kier molecular flexibility index (Phi) is 2.91. The number of hydrogen-bond acceptors (Lipinski definition) is 2. The third-order valence-corrected chi connectivity index (χ3v) is 9.27. The maximum absolute atomic E-state index is 5.16. The number of nitrogens with zero attached hydrogens (tertiary/aromatic N) is 2. The Labute approximate surface area is 162 Å². The Balaban J connectivity index is 1.39. The number of rotatable bonds is 1. The van der Waals surface area contributed by atoms with Gasteiger partial charge in [0.05, 0.1) is 11.4 Å². The van der Waals surface area contributed by atoms with Crippen molar-refractivity contribution in [1.29, 1.82) is 0 Å². The second-order valence-electron chi connectivity index (χ2n) is 10.9. The highest BCUT2D eigenvalue weighted by atomic mass is 14.8. The van der Waals surface area contributed by atoms with E-state index >= 15 is 0 Å². The molecule has 1 unspecified atom stereocenters. The molecule has 2 heteroatoms. The molecule has 2 aromatic rings. The third kappa shape index (κ3) is 1.87. The van der Waals surface area contributed by atoms with Crippen LogP contribution in [-0.2, 0) is 6.42 Å². The van der Waals surface area contributed by atoms with Gasteiger partial charge in [0.1, 0.15) is 0 Å². The lowest BCUT2D eigenvalue weighted by molar-refractivity contribution is -0.00271. The lowest BCUT2D eigenvalue weighted by Gasteiger charge is -2.59.